The van der Waals surface area contributed by atoms with Gasteiger partial charge >= 0.3 is 0 Å². The maximum absolute atomic E-state index is 13.1. The van der Waals surface area contributed by atoms with E-state index >= 15 is 0 Å². The third kappa shape index (κ3) is 5.39. The summed E-state index contributed by atoms with van der Waals surface area (Å²) in [6.07, 6.45) is 4.00. The zero-order valence-corrected chi connectivity index (χ0v) is 20.3. The van der Waals surface area contributed by atoms with Crippen LogP contribution >= 0.6 is 11.3 Å². The van der Waals surface area contributed by atoms with Crippen molar-refractivity contribution >= 4 is 38.9 Å². The van der Waals surface area contributed by atoms with Crippen LogP contribution in [-0.2, 0) is 14.8 Å². The first-order valence-corrected chi connectivity index (χ1v) is 13.5. The van der Waals surface area contributed by atoms with Gasteiger partial charge in [-0.2, -0.15) is 4.31 Å². The number of hydrogen-bond acceptors (Lipinski definition) is 6. The largest absolute Gasteiger partial charge is 0.497 e. The molecule has 0 unspecified atom stereocenters. The van der Waals surface area contributed by atoms with Crippen molar-refractivity contribution in [3.05, 3.63) is 41.3 Å². The van der Waals surface area contributed by atoms with E-state index in [4.69, 9.17) is 4.74 Å². The number of rotatable bonds is 6. The molecule has 0 saturated carbocycles. The van der Waals surface area contributed by atoms with Gasteiger partial charge in [0.05, 0.1) is 12.7 Å². The van der Waals surface area contributed by atoms with E-state index in [2.05, 4.69) is 5.32 Å². The molecule has 2 aromatic rings. The number of benzene rings is 1. The fourth-order valence-corrected chi connectivity index (χ4v) is 7.02. The van der Waals surface area contributed by atoms with Gasteiger partial charge in [0.15, 0.2) is 0 Å². The third-order valence-electron chi connectivity index (χ3n) is 6.24. The van der Waals surface area contributed by atoms with Gasteiger partial charge in [-0.3, -0.25) is 9.59 Å². The van der Waals surface area contributed by atoms with Gasteiger partial charge in [0, 0.05) is 43.2 Å². The molecule has 0 atom stereocenters. The van der Waals surface area contributed by atoms with Crippen LogP contribution in [0.1, 0.15) is 42.5 Å². The first-order valence-electron chi connectivity index (χ1n) is 11.2. The Bertz CT molecular complexity index is 1080. The molecule has 1 aromatic heterocycles. The summed E-state index contributed by atoms with van der Waals surface area (Å²) in [4.78, 5) is 27.1. The number of piperidine rings is 2. The molecule has 4 rings (SSSR count). The Balaban J connectivity index is 1.34. The lowest BCUT2D eigenvalue weighted by molar-refractivity contribution is -0.120. The predicted octanol–water partition coefficient (Wildman–Crippen LogP) is 3.42. The molecule has 0 spiro atoms. The van der Waals surface area contributed by atoms with E-state index < -0.39 is 10.0 Å². The molecule has 1 N–H and O–H groups in total. The molecule has 33 heavy (non-hydrogen) atoms. The number of sulfonamides is 1. The minimum Gasteiger partial charge on any atom is -0.497 e. The molecule has 2 aliphatic heterocycles. The maximum atomic E-state index is 13.1. The van der Waals surface area contributed by atoms with E-state index in [1.54, 1.807) is 41.7 Å². The van der Waals surface area contributed by atoms with Crippen LogP contribution in [0.5, 0.6) is 5.75 Å². The number of hydrogen-bond donors (Lipinski definition) is 1. The number of ether oxygens (including phenoxy) is 1. The van der Waals surface area contributed by atoms with E-state index in [1.807, 2.05) is 0 Å². The second kappa shape index (κ2) is 10.2. The predicted molar refractivity (Wildman–Crippen MR) is 127 cm³/mol. The van der Waals surface area contributed by atoms with Crippen molar-refractivity contribution in [1.29, 1.82) is 0 Å². The number of amides is 2. The zero-order valence-electron chi connectivity index (χ0n) is 18.7. The summed E-state index contributed by atoms with van der Waals surface area (Å²) in [7, 11) is -2.10. The molecule has 8 nitrogen and oxygen atoms in total. The van der Waals surface area contributed by atoms with Crippen molar-refractivity contribution < 1.29 is 22.7 Å². The molecule has 3 heterocycles. The van der Waals surface area contributed by atoms with E-state index in [1.165, 1.54) is 10.4 Å². The molecule has 0 radical (unpaired) electrons. The summed E-state index contributed by atoms with van der Waals surface area (Å²) < 4.78 is 33.0. The Morgan fingerprint density at radius 1 is 1.03 bits per heavy atom. The van der Waals surface area contributed by atoms with Gasteiger partial charge in [-0.05, 0) is 62.4 Å². The molecule has 2 aliphatic rings. The Morgan fingerprint density at radius 3 is 2.33 bits per heavy atom. The molecule has 2 saturated heterocycles. The van der Waals surface area contributed by atoms with Crippen LogP contribution in [0, 0.1) is 5.92 Å². The van der Waals surface area contributed by atoms with E-state index in [0.717, 1.165) is 43.7 Å². The molecule has 0 aliphatic carbocycles. The number of nitrogens with zero attached hydrogens (tertiary/aromatic N) is 2. The molecule has 2 fully saturated rings. The van der Waals surface area contributed by atoms with Crippen LogP contribution in [-0.4, -0.2) is 62.7 Å². The molecule has 1 aromatic carbocycles. The van der Waals surface area contributed by atoms with E-state index in [9.17, 15) is 18.0 Å². The summed E-state index contributed by atoms with van der Waals surface area (Å²) in [6, 6.07) is 8.59. The zero-order chi connectivity index (χ0) is 23.4. The minimum absolute atomic E-state index is 0.0960. The highest BCUT2D eigenvalue weighted by atomic mass is 32.2. The van der Waals surface area contributed by atoms with Crippen molar-refractivity contribution in [2.75, 3.05) is 38.6 Å². The van der Waals surface area contributed by atoms with Gasteiger partial charge in [0.2, 0.25) is 5.91 Å². The van der Waals surface area contributed by atoms with Crippen LogP contribution in [0.2, 0.25) is 0 Å². The third-order valence-corrected chi connectivity index (χ3v) is 9.56. The second-order valence-corrected chi connectivity index (χ2v) is 11.5. The summed E-state index contributed by atoms with van der Waals surface area (Å²) in [5, 5.41) is 4.53. The van der Waals surface area contributed by atoms with Gasteiger partial charge < -0.3 is 15.0 Å². The van der Waals surface area contributed by atoms with Crippen molar-refractivity contribution in [3.8, 4) is 5.75 Å². The van der Waals surface area contributed by atoms with Crippen LogP contribution in [0.3, 0.4) is 0 Å². The lowest BCUT2D eigenvalue weighted by atomic mass is 9.97. The first kappa shape index (κ1) is 23.7. The lowest BCUT2D eigenvalue weighted by Gasteiger charge is -2.30. The molecule has 178 valence electrons. The average molecular weight is 492 g/mol. The number of thiophene rings is 1. The highest BCUT2D eigenvalue weighted by Crippen LogP contribution is 2.29. The van der Waals surface area contributed by atoms with Gasteiger partial charge in [-0.25, -0.2) is 8.42 Å². The molecule has 2 amide bonds. The topological polar surface area (TPSA) is 96.0 Å². The lowest BCUT2D eigenvalue weighted by Crippen LogP contribution is -2.41. The Kier molecular flexibility index (Phi) is 7.35. The van der Waals surface area contributed by atoms with Crippen LogP contribution in [0.25, 0.3) is 0 Å². The maximum Gasteiger partial charge on any atom is 0.254 e. The number of carbonyl (C=O) groups is 2. The number of anilines is 1. The molecule has 0 bridgehead atoms. The van der Waals surface area contributed by atoms with E-state index in [-0.39, 0.29) is 35.0 Å². The second-order valence-electron chi connectivity index (χ2n) is 8.40. The SMILES string of the molecule is COc1ccc(NC(=O)C2CCN(S(=O)(=O)c3cc(C(=O)N4CCCCC4)cs3)CC2)cc1. The van der Waals surface area contributed by atoms with Gasteiger partial charge in [0.1, 0.15) is 9.96 Å². The standard InChI is InChI=1S/C23H29N3O5S2/c1-31-20-7-5-19(6-8-20)24-22(27)17-9-13-26(14-10-17)33(29,30)21-15-18(16-32-21)23(28)25-11-3-2-4-12-25/h5-8,15-17H,2-4,9-14H2,1H3,(H,24,27). The fourth-order valence-electron chi connectivity index (χ4n) is 4.25. The minimum atomic E-state index is -3.69. The van der Waals surface area contributed by atoms with Crippen LogP contribution < -0.4 is 10.1 Å². The molecule has 10 heteroatoms. The molecular weight excluding hydrogens is 462 g/mol. The van der Waals surface area contributed by atoms with Crippen LogP contribution in [0.4, 0.5) is 5.69 Å². The number of likely N-dealkylation sites (tertiary alicyclic amines) is 1. The summed E-state index contributed by atoms with van der Waals surface area (Å²) in [5.74, 6) is 0.253. The molecular formula is C23H29N3O5S2. The Labute approximate surface area is 198 Å². The van der Waals surface area contributed by atoms with Gasteiger partial charge in [-0.1, -0.05) is 0 Å². The highest BCUT2D eigenvalue weighted by molar-refractivity contribution is 7.91. The van der Waals surface area contributed by atoms with Crippen molar-refractivity contribution in [1.82, 2.24) is 9.21 Å². The number of methoxy groups -OCH3 is 1. The quantitative estimate of drug-likeness (QED) is 0.668. The highest BCUT2D eigenvalue weighted by Gasteiger charge is 2.33. The summed E-state index contributed by atoms with van der Waals surface area (Å²) in [6.45, 7) is 2.00. The Morgan fingerprint density at radius 2 is 1.70 bits per heavy atom. The summed E-state index contributed by atoms with van der Waals surface area (Å²) >= 11 is 1.09. The van der Waals surface area contributed by atoms with Gasteiger partial charge in [0.25, 0.3) is 15.9 Å². The van der Waals surface area contributed by atoms with Crippen molar-refractivity contribution in [2.45, 2.75) is 36.3 Å². The normalized spacial score (nSPS) is 18.2. The van der Waals surface area contributed by atoms with Crippen molar-refractivity contribution in [3.63, 3.8) is 0 Å². The van der Waals surface area contributed by atoms with Gasteiger partial charge in [-0.15, -0.1) is 11.3 Å². The average Bonchev–Trinajstić information content (AvgIpc) is 3.36. The Hall–Kier alpha value is -2.43. The first-order chi connectivity index (χ1) is 15.9. The van der Waals surface area contributed by atoms with Crippen molar-refractivity contribution in [2.24, 2.45) is 5.92 Å². The number of carbonyl (C=O) groups excluding carboxylic acids is 2. The number of nitrogens with one attached hydrogen (secondary N) is 1. The smallest absolute Gasteiger partial charge is 0.254 e. The fraction of sp³-hybridized carbons (Fsp3) is 0.478. The summed E-state index contributed by atoms with van der Waals surface area (Å²) in [5.41, 5.74) is 1.12. The van der Waals surface area contributed by atoms with Crippen LogP contribution in [0.15, 0.2) is 39.9 Å². The van der Waals surface area contributed by atoms with E-state index in [0.29, 0.717) is 29.8 Å². The monoisotopic (exact) mass is 491 g/mol.